The quantitative estimate of drug-likeness (QED) is 0.718. The van der Waals surface area contributed by atoms with Crippen LogP contribution in [0.1, 0.15) is 45.0 Å². The minimum absolute atomic E-state index is 0.641. The van der Waals surface area contributed by atoms with Crippen molar-refractivity contribution in [1.82, 2.24) is 9.78 Å². The lowest BCUT2D eigenvalue weighted by Crippen LogP contribution is -2.03. The van der Waals surface area contributed by atoms with E-state index >= 15 is 0 Å². The van der Waals surface area contributed by atoms with Gasteiger partial charge in [0.25, 0.3) is 0 Å². The van der Waals surface area contributed by atoms with Gasteiger partial charge in [0.2, 0.25) is 0 Å². The van der Waals surface area contributed by atoms with E-state index in [0.717, 1.165) is 41.2 Å². The second-order valence-corrected chi connectivity index (χ2v) is 5.57. The Hall–Kier alpha value is -0.350. The van der Waals surface area contributed by atoms with E-state index in [4.69, 9.17) is 4.74 Å². The molecule has 1 aromatic rings. The molecule has 0 aromatic carbocycles. The minimum Gasteiger partial charge on any atom is -0.375 e. The van der Waals surface area contributed by atoms with Crippen molar-refractivity contribution < 1.29 is 4.74 Å². The van der Waals surface area contributed by atoms with Gasteiger partial charge in [-0.3, -0.25) is 4.68 Å². The molecule has 0 amide bonds. The van der Waals surface area contributed by atoms with E-state index in [1.165, 1.54) is 6.42 Å². The second kappa shape index (κ2) is 7.17. The summed E-state index contributed by atoms with van der Waals surface area (Å²) in [5.41, 5.74) is 2.24. The van der Waals surface area contributed by atoms with Crippen LogP contribution in [0.2, 0.25) is 0 Å². The first-order valence-electron chi connectivity index (χ1n) is 6.34. The molecule has 0 fully saturated rings. The average Bonchev–Trinajstić information content (AvgIpc) is 2.54. The van der Waals surface area contributed by atoms with Gasteiger partial charge in [0.1, 0.15) is 0 Å². The van der Waals surface area contributed by atoms with Crippen molar-refractivity contribution >= 4 is 15.9 Å². The maximum absolute atomic E-state index is 5.70. The third kappa shape index (κ3) is 4.43. The van der Waals surface area contributed by atoms with E-state index in [1.807, 2.05) is 11.7 Å². The van der Waals surface area contributed by atoms with Crippen LogP contribution >= 0.6 is 15.9 Å². The van der Waals surface area contributed by atoms with Gasteiger partial charge in [0, 0.05) is 13.7 Å². The summed E-state index contributed by atoms with van der Waals surface area (Å²) in [5.74, 6) is 0.758. The topological polar surface area (TPSA) is 27.1 Å². The Balaban J connectivity index is 2.39. The minimum atomic E-state index is 0.641. The molecule has 0 aliphatic rings. The molecule has 0 spiro atoms. The van der Waals surface area contributed by atoms with Gasteiger partial charge in [-0.15, -0.1) is 0 Å². The first-order valence-corrected chi connectivity index (χ1v) is 7.13. The highest BCUT2D eigenvalue weighted by molar-refractivity contribution is 9.10. The molecule has 1 heterocycles. The molecular weight excluding hydrogens is 280 g/mol. The highest BCUT2D eigenvalue weighted by Crippen LogP contribution is 2.22. The molecule has 1 rings (SSSR count). The van der Waals surface area contributed by atoms with Crippen LogP contribution in [0.4, 0.5) is 0 Å². The summed E-state index contributed by atoms with van der Waals surface area (Å²) in [7, 11) is 1.97. The molecule has 98 valence electrons. The summed E-state index contributed by atoms with van der Waals surface area (Å²) in [6.45, 7) is 8.07. The lowest BCUT2D eigenvalue weighted by molar-refractivity contribution is 0.109. The number of hydrogen-bond donors (Lipinski definition) is 0. The molecule has 0 aliphatic carbocycles. The summed E-state index contributed by atoms with van der Waals surface area (Å²) in [6, 6.07) is 0. The zero-order valence-electron chi connectivity index (χ0n) is 11.3. The summed E-state index contributed by atoms with van der Waals surface area (Å²) < 4.78 is 8.71. The number of halogens is 1. The van der Waals surface area contributed by atoms with Crippen LogP contribution in [0, 0.1) is 5.92 Å². The van der Waals surface area contributed by atoms with Crippen LogP contribution in [0.3, 0.4) is 0 Å². The predicted octanol–water partition coefficient (Wildman–Crippen LogP) is 3.70. The van der Waals surface area contributed by atoms with Gasteiger partial charge in [0.05, 0.1) is 22.5 Å². The number of aryl methyl sites for hydroxylation is 2. The number of rotatable bonds is 7. The van der Waals surface area contributed by atoms with Gasteiger partial charge >= 0.3 is 0 Å². The van der Waals surface area contributed by atoms with E-state index in [2.05, 4.69) is 41.8 Å². The molecule has 0 radical (unpaired) electrons. The van der Waals surface area contributed by atoms with Gasteiger partial charge < -0.3 is 4.74 Å². The van der Waals surface area contributed by atoms with Crippen LogP contribution < -0.4 is 0 Å². The van der Waals surface area contributed by atoms with Gasteiger partial charge in [-0.2, -0.15) is 5.10 Å². The van der Waals surface area contributed by atoms with E-state index in [9.17, 15) is 0 Å². The Kier molecular flexibility index (Phi) is 6.20. The summed E-state index contributed by atoms with van der Waals surface area (Å²) in [5, 5.41) is 4.45. The molecule has 0 aliphatic heterocycles. The molecule has 4 heteroatoms. The maximum atomic E-state index is 5.70. The van der Waals surface area contributed by atoms with Crippen molar-refractivity contribution in [3.8, 4) is 0 Å². The van der Waals surface area contributed by atoms with Crippen molar-refractivity contribution in [2.45, 2.75) is 46.6 Å². The first kappa shape index (κ1) is 14.7. The van der Waals surface area contributed by atoms with Crippen LogP contribution in [-0.4, -0.2) is 16.4 Å². The van der Waals surface area contributed by atoms with E-state index in [-0.39, 0.29) is 0 Å². The highest BCUT2D eigenvalue weighted by atomic mass is 79.9. The fourth-order valence-corrected chi connectivity index (χ4v) is 2.47. The van der Waals surface area contributed by atoms with Crippen LogP contribution in [0.15, 0.2) is 4.47 Å². The molecule has 0 unspecified atom stereocenters. The third-order valence-electron chi connectivity index (χ3n) is 2.81. The van der Waals surface area contributed by atoms with Crippen molar-refractivity contribution in [2.24, 2.45) is 13.0 Å². The molecule has 3 nitrogen and oxygen atoms in total. The maximum Gasteiger partial charge on any atom is 0.0896 e. The Morgan fingerprint density at radius 3 is 2.65 bits per heavy atom. The fourth-order valence-electron chi connectivity index (χ4n) is 1.74. The zero-order chi connectivity index (χ0) is 12.8. The fraction of sp³-hybridized carbons (Fsp3) is 0.769. The Morgan fingerprint density at radius 2 is 2.12 bits per heavy atom. The first-order chi connectivity index (χ1) is 8.06. The number of hydrogen-bond acceptors (Lipinski definition) is 2. The van der Waals surface area contributed by atoms with Crippen molar-refractivity contribution in [1.29, 1.82) is 0 Å². The SMILES string of the molecule is CCc1nn(C)c(COCCCC(C)C)c1Br. The highest BCUT2D eigenvalue weighted by Gasteiger charge is 2.12. The molecule has 1 aromatic heterocycles. The van der Waals surface area contributed by atoms with Crippen molar-refractivity contribution in [2.75, 3.05) is 6.61 Å². The van der Waals surface area contributed by atoms with Crippen molar-refractivity contribution in [3.05, 3.63) is 15.9 Å². The largest absolute Gasteiger partial charge is 0.375 e. The zero-order valence-corrected chi connectivity index (χ0v) is 12.9. The Bertz CT molecular complexity index is 347. The molecule has 17 heavy (non-hydrogen) atoms. The van der Waals surface area contributed by atoms with Crippen LogP contribution in [0.25, 0.3) is 0 Å². The van der Waals surface area contributed by atoms with Gasteiger partial charge in [-0.05, 0) is 41.1 Å². The number of ether oxygens (including phenoxy) is 1. The Morgan fingerprint density at radius 1 is 1.41 bits per heavy atom. The molecule has 0 N–H and O–H groups in total. The van der Waals surface area contributed by atoms with E-state index in [0.29, 0.717) is 6.61 Å². The molecular formula is C13H23BrN2O. The van der Waals surface area contributed by atoms with Crippen molar-refractivity contribution in [3.63, 3.8) is 0 Å². The van der Waals surface area contributed by atoms with Crippen LogP contribution in [0.5, 0.6) is 0 Å². The lowest BCUT2D eigenvalue weighted by atomic mass is 10.1. The normalized spacial score (nSPS) is 11.4. The third-order valence-corrected chi connectivity index (χ3v) is 3.73. The number of aromatic nitrogens is 2. The standard InChI is InChI=1S/C13H23BrN2O/c1-5-11-13(14)12(16(4)15-11)9-17-8-6-7-10(2)3/h10H,5-9H2,1-4H3. The molecule has 0 saturated carbocycles. The smallest absolute Gasteiger partial charge is 0.0896 e. The molecule has 0 saturated heterocycles. The summed E-state index contributed by atoms with van der Waals surface area (Å²) >= 11 is 3.59. The Labute approximate surface area is 113 Å². The van der Waals surface area contributed by atoms with E-state index in [1.54, 1.807) is 0 Å². The van der Waals surface area contributed by atoms with Gasteiger partial charge in [-0.1, -0.05) is 20.8 Å². The van der Waals surface area contributed by atoms with Gasteiger partial charge in [0.15, 0.2) is 0 Å². The average molecular weight is 303 g/mol. The lowest BCUT2D eigenvalue weighted by Gasteiger charge is -2.07. The summed E-state index contributed by atoms with van der Waals surface area (Å²) in [6.07, 6.45) is 3.31. The molecule has 0 bridgehead atoms. The predicted molar refractivity (Wildman–Crippen MR) is 74.0 cm³/mol. The molecule has 0 atom stereocenters. The van der Waals surface area contributed by atoms with E-state index < -0.39 is 0 Å². The van der Waals surface area contributed by atoms with Crippen LogP contribution in [-0.2, 0) is 24.8 Å². The monoisotopic (exact) mass is 302 g/mol. The number of nitrogens with zero attached hydrogens (tertiary/aromatic N) is 2. The second-order valence-electron chi connectivity index (χ2n) is 4.77. The van der Waals surface area contributed by atoms with Gasteiger partial charge in [-0.25, -0.2) is 0 Å². The summed E-state index contributed by atoms with van der Waals surface area (Å²) in [4.78, 5) is 0.